The first-order valence-electron chi connectivity index (χ1n) is 6.54. The molecule has 3 rings (SSSR count). The Labute approximate surface area is 127 Å². The molecule has 0 fully saturated rings. The molecule has 1 aliphatic heterocycles. The quantitative estimate of drug-likeness (QED) is 0.795. The zero-order valence-corrected chi connectivity index (χ0v) is 12.7. The van der Waals surface area contributed by atoms with E-state index in [1.165, 1.54) is 22.6 Å². The molecule has 0 saturated heterocycles. The summed E-state index contributed by atoms with van der Waals surface area (Å²) in [5, 5.41) is 6.02. The lowest BCUT2D eigenvalue weighted by Crippen LogP contribution is -2.40. The number of thiocarbonyl (C=S) groups is 1. The van der Waals surface area contributed by atoms with Crippen LogP contribution in [0.25, 0.3) is 0 Å². The van der Waals surface area contributed by atoms with Gasteiger partial charge in [-0.05, 0) is 66.8 Å². The molecule has 2 heterocycles. The average molecular weight is 306 g/mol. The van der Waals surface area contributed by atoms with Crippen molar-refractivity contribution in [2.45, 2.75) is 19.4 Å². The van der Waals surface area contributed by atoms with E-state index in [9.17, 15) is 4.39 Å². The van der Waals surface area contributed by atoms with E-state index in [1.807, 2.05) is 11.3 Å². The first-order valence-corrected chi connectivity index (χ1v) is 7.83. The van der Waals surface area contributed by atoms with Crippen molar-refractivity contribution >= 4 is 34.4 Å². The molecule has 0 bridgehead atoms. The smallest absolute Gasteiger partial charge is 0.173 e. The molecule has 5 heteroatoms. The second-order valence-corrected chi connectivity index (χ2v) is 6.24. The monoisotopic (exact) mass is 306 g/mol. The van der Waals surface area contributed by atoms with Gasteiger partial charge in [-0.3, -0.25) is 0 Å². The van der Waals surface area contributed by atoms with E-state index in [1.54, 1.807) is 12.1 Å². The molecule has 0 spiro atoms. The van der Waals surface area contributed by atoms with Crippen molar-refractivity contribution in [3.05, 3.63) is 52.0 Å². The Morgan fingerprint density at radius 3 is 2.85 bits per heavy atom. The fourth-order valence-corrected chi connectivity index (χ4v) is 3.85. The Balaban J connectivity index is 1.73. The molecule has 1 aromatic heterocycles. The lowest BCUT2D eigenvalue weighted by molar-refractivity contribution is 0.326. The highest BCUT2D eigenvalue weighted by Crippen LogP contribution is 2.33. The van der Waals surface area contributed by atoms with Crippen LogP contribution in [-0.2, 0) is 6.42 Å². The molecule has 1 aromatic carbocycles. The standard InChI is InChI=1S/C15H15FN2S2/c1-10-13-7-9-20-14(13)6-8-18(10)15(19)17-12-4-2-11(16)3-5-12/h2-5,7,9-10H,6,8H2,1H3,(H,17,19)/t10-/m1/s1. The highest BCUT2D eigenvalue weighted by molar-refractivity contribution is 7.80. The molecule has 0 amide bonds. The minimum Gasteiger partial charge on any atom is -0.342 e. The minimum atomic E-state index is -0.240. The van der Waals surface area contributed by atoms with Gasteiger partial charge in [0.2, 0.25) is 0 Å². The number of nitrogens with one attached hydrogen (secondary N) is 1. The normalized spacial score (nSPS) is 17.7. The summed E-state index contributed by atoms with van der Waals surface area (Å²) in [6.07, 6.45) is 1.03. The highest BCUT2D eigenvalue weighted by atomic mass is 32.1. The number of anilines is 1. The number of thiophene rings is 1. The third-order valence-corrected chi connectivity index (χ3v) is 4.97. The third kappa shape index (κ3) is 2.55. The van der Waals surface area contributed by atoms with Crippen LogP contribution in [-0.4, -0.2) is 16.6 Å². The van der Waals surface area contributed by atoms with Crippen LogP contribution in [0.3, 0.4) is 0 Å². The largest absolute Gasteiger partial charge is 0.342 e. The van der Waals surface area contributed by atoms with Crippen molar-refractivity contribution in [1.82, 2.24) is 4.90 Å². The lowest BCUT2D eigenvalue weighted by Gasteiger charge is -2.35. The summed E-state index contributed by atoms with van der Waals surface area (Å²) in [5.41, 5.74) is 2.18. The number of benzene rings is 1. The first-order chi connectivity index (χ1) is 9.65. The second kappa shape index (κ2) is 5.50. The number of halogens is 1. The number of nitrogens with zero attached hydrogens (tertiary/aromatic N) is 1. The van der Waals surface area contributed by atoms with E-state index < -0.39 is 0 Å². The van der Waals surface area contributed by atoms with Crippen LogP contribution in [0.1, 0.15) is 23.4 Å². The Morgan fingerprint density at radius 1 is 1.35 bits per heavy atom. The highest BCUT2D eigenvalue weighted by Gasteiger charge is 2.26. The van der Waals surface area contributed by atoms with Crippen LogP contribution in [0.5, 0.6) is 0 Å². The summed E-state index contributed by atoms with van der Waals surface area (Å²) < 4.78 is 12.9. The molecule has 0 radical (unpaired) electrons. The molecule has 20 heavy (non-hydrogen) atoms. The maximum absolute atomic E-state index is 12.9. The van der Waals surface area contributed by atoms with E-state index in [-0.39, 0.29) is 11.9 Å². The summed E-state index contributed by atoms with van der Waals surface area (Å²) >= 11 is 7.31. The van der Waals surface area contributed by atoms with Crippen molar-refractivity contribution in [3.63, 3.8) is 0 Å². The summed E-state index contributed by atoms with van der Waals surface area (Å²) in [6, 6.07) is 8.73. The van der Waals surface area contributed by atoms with E-state index >= 15 is 0 Å². The van der Waals surface area contributed by atoms with Crippen LogP contribution in [0.15, 0.2) is 35.7 Å². The molecule has 1 aliphatic rings. The van der Waals surface area contributed by atoms with E-state index in [4.69, 9.17) is 12.2 Å². The third-order valence-electron chi connectivity index (χ3n) is 3.63. The van der Waals surface area contributed by atoms with Gasteiger partial charge in [0.1, 0.15) is 5.82 Å². The van der Waals surface area contributed by atoms with Crippen LogP contribution in [0.2, 0.25) is 0 Å². The first kappa shape index (κ1) is 13.5. The summed E-state index contributed by atoms with van der Waals surface area (Å²) in [5.74, 6) is -0.240. The van der Waals surface area contributed by atoms with Crippen molar-refractivity contribution in [2.75, 3.05) is 11.9 Å². The predicted molar refractivity (Wildman–Crippen MR) is 85.8 cm³/mol. The molecule has 0 unspecified atom stereocenters. The van der Waals surface area contributed by atoms with Gasteiger partial charge in [-0.2, -0.15) is 0 Å². The van der Waals surface area contributed by atoms with Gasteiger partial charge in [-0.25, -0.2) is 4.39 Å². The van der Waals surface area contributed by atoms with E-state index in [2.05, 4.69) is 28.6 Å². The zero-order chi connectivity index (χ0) is 14.1. The summed E-state index contributed by atoms with van der Waals surface area (Å²) in [4.78, 5) is 3.65. The van der Waals surface area contributed by atoms with Gasteiger partial charge >= 0.3 is 0 Å². The van der Waals surface area contributed by atoms with Crippen molar-refractivity contribution in [2.24, 2.45) is 0 Å². The van der Waals surface area contributed by atoms with Crippen molar-refractivity contribution < 1.29 is 4.39 Å². The van der Waals surface area contributed by atoms with Crippen LogP contribution < -0.4 is 5.32 Å². The Bertz CT molecular complexity index is 621. The summed E-state index contributed by atoms with van der Waals surface area (Å²) in [7, 11) is 0. The molecule has 2 nitrogen and oxygen atoms in total. The number of rotatable bonds is 1. The molecule has 1 N–H and O–H groups in total. The average Bonchev–Trinajstić information content (AvgIpc) is 2.91. The van der Waals surface area contributed by atoms with Crippen molar-refractivity contribution in [1.29, 1.82) is 0 Å². The van der Waals surface area contributed by atoms with Gasteiger partial charge < -0.3 is 10.2 Å². The van der Waals surface area contributed by atoms with Gasteiger partial charge in [0.15, 0.2) is 5.11 Å². The molecular weight excluding hydrogens is 291 g/mol. The van der Waals surface area contributed by atoms with Gasteiger partial charge in [0.05, 0.1) is 6.04 Å². The molecule has 2 aromatic rings. The predicted octanol–water partition coefficient (Wildman–Crippen LogP) is 4.20. The maximum atomic E-state index is 12.9. The van der Waals surface area contributed by atoms with Gasteiger partial charge in [-0.1, -0.05) is 0 Å². The van der Waals surface area contributed by atoms with Crippen molar-refractivity contribution in [3.8, 4) is 0 Å². The molecule has 1 atom stereocenters. The summed E-state index contributed by atoms with van der Waals surface area (Å²) in [6.45, 7) is 3.09. The van der Waals surface area contributed by atoms with Crippen LogP contribution >= 0.6 is 23.6 Å². The second-order valence-electron chi connectivity index (χ2n) is 4.86. The fraction of sp³-hybridized carbons (Fsp3) is 0.267. The topological polar surface area (TPSA) is 15.3 Å². The van der Waals surface area contributed by atoms with Gasteiger partial charge in [0.25, 0.3) is 0 Å². The van der Waals surface area contributed by atoms with Gasteiger partial charge in [0, 0.05) is 17.1 Å². The Morgan fingerprint density at radius 2 is 2.10 bits per heavy atom. The zero-order valence-electron chi connectivity index (χ0n) is 11.1. The minimum absolute atomic E-state index is 0.240. The number of fused-ring (bicyclic) bond motifs is 1. The van der Waals surface area contributed by atoms with E-state index in [0.717, 1.165) is 18.7 Å². The van der Waals surface area contributed by atoms with Crippen LogP contribution in [0.4, 0.5) is 10.1 Å². The maximum Gasteiger partial charge on any atom is 0.173 e. The SMILES string of the molecule is C[C@@H]1c2ccsc2CCN1C(=S)Nc1ccc(F)cc1. The van der Waals surface area contributed by atoms with E-state index in [0.29, 0.717) is 5.11 Å². The number of hydrogen-bond acceptors (Lipinski definition) is 2. The lowest BCUT2D eigenvalue weighted by atomic mass is 10.0. The number of hydrogen-bond donors (Lipinski definition) is 1. The Hall–Kier alpha value is -1.46. The van der Waals surface area contributed by atoms with Gasteiger partial charge in [-0.15, -0.1) is 11.3 Å². The Kier molecular flexibility index (Phi) is 3.72. The molecule has 0 aliphatic carbocycles. The fourth-order valence-electron chi connectivity index (χ4n) is 2.52. The molecular formula is C15H15FN2S2. The molecule has 0 saturated carbocycles. The van der Waals surface area contributed by atoms with Crippen LogP contribution in [0, 0.1) is 5.82 Å². The molecule has 104 valence electrons.